The number of fused-ring (bicyclic) bond motifs is 3. The van der Waals surface area contributed by atoms with Gasteiger partial charge in [0.1, 0.15) is 23.2 Å². The number of hydrogen-bond donors (Lipinski definition) is 6. The summed E-state index contributed by atoms with van der Waals surface area (Å²) in [6.45, 7) is 1.36. The van der Waals surface area contributed by atoms with Gasteiger partial charge in [0.2, 0.25) is 17.6 Å². The van der Waals surface area contributed by atoms with E-state index in [0.717, 1.165) is 0 Å². The molecule has 2 unspecified atom stereocenters. The molecule has 37 heavy (non-hydrogen) atoms. The molecule has 0 bridgehead atoms. The number of rotatable bonds is 3. The quantitative estimate of drug-likeness (QED) is 0.322. The summed E-state index contributed by atoms with van der Waals surface area (Å²) in [4.78, 5) is 53.9. The number of phenols is 1. The number of Topliss-reactive ketones (excluding diaryl/α,β-unsaturated/α-hetero) is 2. The smallest absolute Gasteiger partial charge is 0.230 e. The summed E-state index contributed by atoms with van der Waals surface area (Å²) >= 11 is 0. The van der Waals surface area contributed by atoms with Crippen molar-refractivity contribution in [3.8, 4) is 16.9 Å². The van der Waals surface area contributed by atoms with Crippen molar-refractivity contribution in [3.05, 3.63) is 47.2 Å². The van der Waals surface area contributed by atoms with Crippen LogP contribution in [0.5, 0.6) is 5.75 Å². The Morgan fingerprint density at radius 2 is 1.86 bits per heavy atom. The van der Waals surface area contributed by atoms with Crippen LogP contribution < -0.4 is 11.1 Å². The van der Waals surface area contributed by atoms with Gasteiger partial charge in [-0.2, -0.15) is 0 Å². The number of aliphatic hydroxyl groups excluding tert-OH is 2. The normalized spacial score (nSPS) is 28.7. The fourth-order valence-corrected chi connectivity index (χ4v) is 6.00. The number of aromatic hydroxyl groups is 1. The summed E-state index contributed by atoms with van der Waals surface area (Å²) in [6, 6.07) is 6.32. The molecule has 2 saturated carbocycles. The predicted molar refractivity (Wildman–Crippen MR) is 129 cm³/mol. The fourth-order valence-electron chi connectivity index (χ4n) is 6.00. The van der Waals surface area contributed by atoms with Crippen molar-refractivity contribution in [2.24, 2.45) is 23.5 Å². The van der Waals surface area contributed by atoms with Crippen molar-refractivity contribution in [1.82, 2.24) is 4.98 Å². The van der Waals surface area contributed by atoms with Crippen molar-refractivity contribution in [2.75, 3.05) is 5.32 Å². The van der Waals surface area contributed by atoms with Gasteiger partial charge in [-0.15, -0.1) is 0 Å². The second-order valence-corrected chi connectivity index (χ2v) is 9.84. The number of nitrogens with two attached hydrogens (primary N) is 1. The zero-order chi connectivity index (χ0) is 26.8. The van der Waals surface area contributed by atoms with Crippen molar-refractivity contribution < 1.29 is 39.6 Å². The fraction of sp³-hybridized carbons (Fsp3) is 0.346. The summed E-state index contributed by atoms with van der Waals surface area (Å²) in [5.41, 5.74) is 4.24. The molecule has 11 nitrogen and oxygen atoms in total. The summed E-state index contributed by atoms with van der Waals surface area (Å²) in [6.07, 6.45) is 0.156. The second-order valence-electron chi connectivity index (χ2n) is 9.84. The van der Waals surface area contributed by atoms with Gasteiger partial charge < -0.3 is 31.5 Å². The van der Waals surface area contributed by atoms with Gasteiger partial charge in [0.05, 0.1) is 11.7 Å². The highest BCUT2D eigenvalue weighted by molar-refractivity contribution is 6.24. The molecule has 7 N–H and O–H groups in total. The summed E-state index contributed by atoms with van der Waals surface area (Å²) in [5.74, 6) is -7.51. The van der Waals surface area contributed by atoms with E-state index in [0.29, 0.717) is 22.5 Å². The lowest BCUT2D eigenvalue weighted by molar-refractivity contribution is -0.174. The number of carbonyl (C=O) groups excluding carboxylic acids is 4. The minimum Gasteiger partial charge on any atom is -0.507 e. The molecule has 11 heteroatoms. The van der Waals surface area contributed by atoms with Crippen LogP contribution in [-0.4, -0.2) is 60.5 Å². The largest absolute Gasteiger partial charge is 0.507 e. The van der Waals surface area contributed by atoms with Crippen LogP contribution in [0.1, 0.15) is 30.9 Å². The van der Waals surface area contributed by atoms with Crippen molar-refractivity contribution in [3.63, 3.8) is 0 Å². The highest BCUT2D eigenvalue weighted by Crippen LogP contribution is 2.52. The monoisotopic (exact) mass is 507 g/mol. The number of amides is 2. The van der Waals surface area contributed by atoms with E-state index in [4.69, 9.17) is 5.73 Å². The number of hydrogen-bond acceptors (Lipinski definition) is 9. The SMILES string of the molecule is CC(=O)Nc1ccc(-c2ccc(O)c3c2C[C@H]2C[C@H]4CC(O)C(C(N)=O)C(=O)[C@@]4(O)C(=O)C2=C3O)cn1. The number of carbonyl (C=O) groups is 4. The van der Waals surface area contributed by atoms with Crippen LogP contribution in [0.25, 0.3) is 16.9 Å². The molecule has 0 radical (unpaired) electrons. The topological polar surface area (TPSA) is 200 Å². The third kappa shape index (κ3) is 3.61. The molecular formula is C26H25N3O8. The number of primary amides is 1. The molecule has 1 heterocycles. The lowest BCUT2D eigenvalue weighted by atomic mass is 9.56. The maximum atomic E-state index is 13.6. The maximum Gasteiger partial charge on any atom is 0.230 e. The molecule has 2 amide bonds. The molecule has 1 aromatic carbocycles. The molecule has 0 spiro atoms. The number of nitrogens with one attached hydrogen (secondary N) is 1. The number of pyridine rings is 1. The zero-order valence-corrected chi connectivity index (χ0v) is 19.8. The Labute approximate surface area is 210 Å². The van der Waals surface area contributed by atoms with E-state index in [1.165, 1.54) is 19.2 Å². The highest BCUT2D eigenvalue weighted by Gasteiger charge is 2.63. The van der Waals surface area contributed by atoms with Crippen LogP contribution in [0.15, 0.2) is 36.0 Å². The first-order valence-corrected chi connectivity index (χ1v) is 11.8. The molecule has 3 aliphatic rings. The van der Waals surface area contributed by atoms with Gasteiger partial charge in [0.25, 0.3) is 0 Å². The van der Waals surface area contributed by atoms with Crippen LogP contribution in [0.4, 0.5) is 5.82 Å². The van der Waals surface area contributed by atoms with E-state index in [-0.39, 0.29) is 42.1 Å². The predicted octanol–water partition coefficient (Wildman–Crippen LogP) is 0.609. The first kappa shape index (κ1) is 24.6. The molecule has 5 atom stereocenters. The van der Waals surface area contributed by atoms with Crippen LogP contribution >= 0.6 is 0 Å². The average Bonchev–Trinajstić information content (AvgIpc) is 2.81. The zero-order valence-electron chi connectivity index (χ0n) is 19.8. The summed E-state index contributed by atoms with van der Waals surface area (Å²) < 4.78 is 0. The summed E-state index contributed by atoms with van der Waals surface area (Å²) in [5, 5.41) is 46.1. The van der Waals surface area contributed by atoms with Crippen LogP contribution in [0.3, 0.4) is 0 Å². The van der Waals surface area contributed by atoms with E-state index < -0.39 is 52.7 Å². The Hall–Kier alpha value is -4.09. The van der Waals surface area contributed by atoms with Crippen molar-refractivity contribution in [1.29, 1.82) is 0 Å². The van der Waals surface area contributed by atoms with E-state index in [2.05, 4.69) is 10.3 Å². The Bertz CT molecular complexity index is 1400. The minimum atomic E-state index is -2.62. The second kappa shape index (κ2) is 8.49. The third-order valence-corrected chi connectivity index (χ3v) is 7.65. The molecule has 0 saturated heterocycles. The molecule has 192 valence electrons. The van der Waals surface area contributed by atoms with E-state index in [1.54, 1.807) is 18.2 Å². The van der Waals surface area contributed by atoms with Crippen molar-refractivity contribution in [2.45, 2.75) is 37.9 Å². The number of aliphatic hydroxyl groups is 3. The standard InChI is InChI=1S/C26H25N3O8/c1-10(30)29-18-5-2-11(9-28-18)14-3-4-16(31)20-15(14)7-12-6-13-8-17(32)21(25(27)36)24(35)26(13,37)23(34)19(12)22(20)33/h2-5,9,12-13,17,21,31-33,37H,6-8H2,1H3,(H2,27,36)(H,28,29,30)/t12-,13+,17?,21?,26+/m1/s1. The van der Waals surface area contributed by atoms with Gasteiger partial charge >= 0.3 is 0 Å². The van der Waals surface area contributed by atoms with Gasteiger partial charge in [-0.25, -0.2) is 4.98 Å². The molecule has 1 aromatic heterocycles. The lowest BCUT2D eigenvalue weighted by Gasteiger charge is -2.48. The Morgan fingerprint density at radius 3 is 2.49 bits per heavy atom. The van der Waals surface area contributed by atoms with Crippen LogP contribution in [0.2, 0.25) is 0 Å². The Morgan fingerprint density at radius 1 is 1.14 bits per heavy atom. The molecule has 5 rings (SSSR count). The molecular weight excluding hydrogens is 482 g/mol. The number of phenolic OH excluding ortho intramolecular Hbond substituents is 1. The Balaban J connectivity index is 1.61. The first-order chi connectivity index (χ1) is 17.4. The van der Waals surface area contributed by atoms with Gasteiger partial charge in [0.15, 0.2) is 11.4 Å². The number of nitrogens with zero attached hydrogens (tertiary/aromatic N) is 1. The van der Waals surface area contributed by atoms with Crippen LogP contribution in [0, 0.1) is 17.8 Å². The number of anilines is 1. The van der Waals surface area contributed by atoms with Gasteiger partial charge in [-0.3, -0.25) is 19.2 Å². The first-order valence-electron chi connectivity index (χ1n) is 11.8. The van der Waals surface area contributed by atoms with E-state index >= 15 is 0 Å². The third-order valence-electron chi connectivity index (χ3n) is 7.65. The molecule has 2 fully saturated rings. The van der Waals surface area contributed by atoms with Gasteiger partial charge in [-0.1, -0.05) is 6.07 Å². The number of ketones is 2. The molecule has 3 aliphatic carbocycles. The average molecular weight is 507 g/mol. The number of benzene rings is 1. The number of aromatic nitrogens is 1. The van der Waals surface area contributed by atoms with E-state index in [9.17, 15) is 39.6 Å². The maximum absolute atomic E-state index is 13.6. The minimum absolute atomic E-state index is 0.000156. The van der Waals surface area contributed by atoms with Crippen molar-refractivity contribution >= 4 is 35.0 Å². The molecule has 0 aliphatic heterocycles. The lowest BCUT2D eigenvalue weighted by Crippen LogP contribution is -2.66. The summed E-state index contributed by atoms with van der Waals surface area (Å²) in [7, 11) is 0. The Kier molecular flexibility index (Phi) is 5.65. The molecule has 2 aromatic rings. The van der Waals surface area contributed by atoms with Crippen LogP contribution in [-0.2, 0) is 25.6 Å². The van der Waals surface area contributed by atoms with Gasteiger partial charge in [0, 0.05) is 30.2 Å². The van der Waals surface area contributed by atoms with Gasteiger partial charge in [-0.05, 0) is 54.5 Å². The van der Waals surface area contributed by atoms with E-state index in [1.807, 2.05) is 0 Å². The highest BCUT2D eigenvalue weighted by atomic mass is 16.3.